The number of hydrogen-bond acceptors (Lipinski definition) is 4. The maximum absolute atomic E-state index is 12.9. The molecule has 5 amide bonds. The summed E-state index contributed by atoms with van der Waals surface area (Å²) in [5, 5.41) is 4.96. The van der Waals surface area contributed by atoms with Crippen molar-refractivity contribution in [1.82, 2.24) is 20.4 Å². The van der Waals surface area contributed by atoms with Crippen LogP contribution in [0.1, 0.15) is 23.2 Å². The monoisotopic (exact) mass is 376 g/mol. The van der Waals surface area contributed by atoms with Crippen molar-refractivity contribution in [3.63, 3.8) is 0 Å². The van der Waals surface area contributed by atoms with Crippen LogP contribution in [0.3, 0.4) is 0 Å². The Morgan fingerprint density at radius 3 is 2.63 bits per heavy atom. The topological polar surface area (TPSA) is 98.8 Å². The molecule has 2 aliphatic rings. The lowest BCUT2D eigenvalue weighted by Crippen LogP contribution is -2.47. The van der Waals surface area contributed by atoms with Crippen LogP contribution in [0.25, 0.3) is 0 Å². The van der Waals surface area contributed by atoms with Gasteiger partial charge in [0.15, 0.2) is 0 Å². The molecule has 3 rings (SSSR count). The fourth-order valence-electron chi connectivity index (χ4n) is 3.27. The molecule has 9 heteroatoms. The quantitative estimate of drug-likeness (QED) is 0.725. The van der Waals surface area contributed by atoms with E-state index in [4.69, 9.17) is 0 Å². The van der Waals surface area contributed by atoms with Crippen LogP contribution in [0.4, 0.5) is 9.18 Å². The largest absolute Gasteiger partial charge is 0.352 e. The zero-order chi connectivity index (χ0) is 19.4. The van der Waals surface area contributed by atoms with Crippen molar-refractivity contribution in [1.29, 1.82) is 0 Å². The number of nitrogens with zero attached hydrogens (tertiary/aromatic N) is 2. The number of halogens is 1. The third-order valence-corrected chi connectivity index (χ3v) is 4.72. The standard InChI is InChI=1S/C18H21FN4O4/c19-14-5-3-13(4-6-14)17(26)20-8-12-2-1-7-22(9-12)16(25)11-23-10-15(24)21-18(23)27/h3-6,12H,1-2,7-11H2,(H,20,26)(H,21,24,27). The van der Waals surface area contributed by atoms with Crippen molar-refractivity contribution in [2.75, 3.05) is 32.7 Å². The molecule has 1 unspecified atom stereocenters. The van der Waals surface area contributed by atoms with Crippen LogP contribution < -0.4 is 10.6 Å². The zero-order valence-corrected chi connectivity index (χ0v) is 14.7. The molecule has 0 radical (unpaired) electrons. The minimum absolute atomic E-state index is 0.0983. The zero-order valence-electron chi connectivity index (χ0n) is 14.7. The van der Waals surface area contributed by atoms with Crippen LogP contribution in [0.15, 0.2) is 24.3 Å². The van der Waals surface area contributed by atoms with Gasteiger partial charge in [-0.1, -0.05) is 0 Å². The van der Waals surface area contributed by atoms with Crippen LogP contribution in [0.2, 0.25) is 0 Å². The first-order valence-electron chi connectivity index (χ1n) is 8.82. The van der Waals surface area contributed by atoms with Gasteiger partial charge in [0.2, 0.25) is 11.8 Å². The van der Waals surface area contributed by atoms with Gasteiger partial charge in [-0.25, -0.2) is 9.18 Å². The van der Waals surface area contributed by atoms with E-state index in [-0.39, 0.29) is 30.8 Å². The maximum atomic E-state index is 12.9. The number of nitrogens with one attached hydrogen (secondary N) is 2. The number of carbonyl (C=O) groups is 4. The highest BCUT2D eigenvalue weighted by Crippen LogP contribution is 2.17. The molecule has 0 spiro atoms. The highest BCUT2D eigenvalue weighted by atomic mass is 19.1. The third kappa shape index (κ3) is 4.81. The minimum atomic E-state index is -0.548. The summed E-state index contributed by atoms with van der Waals surface area (Å²) in [6.45, 7) is 1.24. The number of urea groups is 1. The lowest BCUT2D eigenvalue weighted by Gasteiger charge is -2.33. The smallest absolute Gasteiger partial charge is 0.325 e. The van der Waals surface area contributed by atoms with Gasteiger partial charge >= 0.3 is 6.03 Å². The van der Waals surface area contributed by atoms with Crippen LogP contribution >= 0.6 is 0 Å². The van der Waals surface area contributed by atoms with E-state index in [1.165, 1.54) is 29.2 Å². The van der Waals surface area contributed by atoms with Crippen LogP contribution in [-0.4, -0.2) is 66.3 Å². The summed E-state index contributed by atoms with van der Waals surface area (Å²) >= 11 is 0. The highest BCUT2D eigenvalue weighted by molar-refractivity contribution is 6.03. The highest BCUT2D eigenvalue weighted by Gasteiger charge is 2.31. The van der Waals surface area contributed by atoms with E-state index in [1.54, 1.807) is 4.90 Å². The van der Waals surface area contributed by atoms with Gasteiger partial charge in [0, 0.05) is 25.2 Å². The first-order valence-corrected chi connectivity index (χ1v) is 8.82. The molecule has 0 aliphatic carbocycles. The van der Waals surface area contributed by atoms with Crippen molar-refractivity contribution in [2.24, 2.45) is 5.92 Å². The van der Waals surface area contributed by atoms with Gasteiger partial charge < -0.3 is 15.1 Å². The predicted octanol–water partition coefficient (Wildman–Crippen LogP) is 0.346. The fourth-order valence-corrected chi connectivity index (χ4v) is 3.27. The number of amides is 5. The Balaban J connectivity index is 1.48. The van der Waals surface area contributed by atoms with Gasteiger partial charge in [0.05, 0.1) is 0 Å². The van der Waals surface area contributed by atoms with Gasteiger partial charge in [-0.15, -0.1) is 0 Å². The summed E-state index contributed by atoms with van der Waals surface area (Å²) in [5.74, 6) is -1.21. The number of rotatable bonds is 5. The van der Waals surface area contributed by atoms with Gasteiger partial charge in [-0.3, -0.25) is 19.7 Å². The van der Waals surface area contributed by atoms with Crippen molar-refractivity contribution >= 4 is 23.8 Å². The molecule has 2 saturated heterocycles. The fraction of sp³-hybridized carbons (Fsp3) is 0.444. The molecule has 1 aromatic carbocycles. The average molecular weight is 376 g/mol. The Hall–Kier alpha value is -2.97. The molecule has 2 aliphatic heterocycles. The summed E-state index contributed by atoms with van der Waals surface area (Å²) in [7, 11) is 0. The molecule has 0 aromatic heterocycles. The van der Waals surface area contributed by atoms with E-state index < -0.39 is 17.8 Å². The normalized spacial score (nSPS) is 19.8. The molecule has 144 valence electrons. The number of imide groups is 1. The van der Waals surface area contributed by atoms with Crippen LogP contribution in [0.5, 0.6) is 0 Å². The second-order valence-corrected chi connectivity index (χ2v) is 6.77. The van der Waals surface area contributed by atoms with Gasteiger partial charge in [-0.05, 0) is 43.0 Å². The molecule has 0 bridgehead atoms. The van der Waals surface area contributed by atoms with Crippen molar-refractivity contribution in [2.45, 2.75) is 12.8 Å². The number of carbonyl (C=O) groups excluding carboxylic acids is 4. The lowest BCUT2D eigenvalue weighted by atomic mass is 9.97. The van der Waals surface area contributed by atoms with Gasteiger partial charge in [-0.2, -0.15) is 0 Å². The van der Waals surface area contributed by atoms with Crippen LogP contribution in [-0.2, 0) is 9.59 Å². The van der Waals surface area contributed by atoms with Crippen molar-refractivity contribution in [3.05, 3.63) is 35.6 Å². The Morgan fingerprint density at radius 2 is 1.96 bits per heavy atom. The second kappa shape index (κ2) is 8.15. The SMILES string of the molecule is O=C1CN(CC(=O)N2CCCC(CNC(=O)c3ccc(F)cc3)C2)C(=O)N1. The summed E-state index contributed by atoms with van der Waals surface area (Å²) in [4.78, 5) is 50.1. The number of piperidine rings is 1. The van der Waals surface area contributed by atoms with E-state index in [9.17, 15) is 23.6 Å². The molecular weight excluding hydrogens is 355 g/mol. The third-order valence-electron chi connectivity index (χ3n) is 4.72. The summed E-state index contributed by atoms with van der Waals surface area (Å²) in [5.41, 5.74) is 0.379. The lowest BCUT2D eigenvalue weighted by molar-refractivity contribution is -0.133. The number of hydrogen-bond donors (Lipinski definition) is 2. The first kappa shape index (κ1) is 18.8. The molecule has 2 heterocycles. The number of likely N-dealkylation sites (tertiary alicyclic amines) is 1. The van der Waals surface area contributed by atoms with Gasteiger partial charge in [0.25, 0.3) is 5.91 Å². The molecule has 27 heavy (non-hydrogen) atoms. The Kier molecular flexibility index (Phi) is 5.68. The molecule has 8 nitrogen and oxygen atoms in total. The summed E-state index contributed by atoms with van der Waals surface area (Å²) < 4.78 is 12.9. The Morgan fingerprint density at radius 1 is 1.22 bits per heavy atom. The maximum Gasteiger partial charge on any atom is 0.325 e. The number of benzene rings is 1. The molecule has 2 fully saturated rings. The Labute approximate surface area is 155 Å². The summed E-state index contributed by atoms with van der Waals surface area (Å²) in [6.07, 6.45) is 1.67. The van der Waals surface area contributed by atoms with Crippen molar-refractivity contribution < 1.29 is 23.6 Å². The van der Waals surface area contributed by atoms with Gasteiger partial charge in [0.1, 0.15) is 18.9 Å². The van der Waals surface area contributed by atoms with E-state index in [1.807, 2.05) is 0 Å². The van der Waals surface area contributed by atoms with Crippen LogP contribution in [0, 0.1) is 11.7 Å². The minimum Gasteiger partial charge on any atom is -0.352 e. The second-order valence-electron chi connectivity index (χ2n) is 6.77. The van der Waals surface area contributed by atoms with E-state index in [2.05, 4.69) is 10.6 Å². The van der Waals surface area contributed by atoms with E-state index in [0.717, 1.165) is 12.8 Å². The summed E-state index contributed by atoms with van der Waals surface area (Å²) in [6, 6.07) is 4.76. The first-order chi connectivity index (χ1) is 12.9. The van der Waals surface area contributed by atoms with E-state index >= 15 is 0 Å². The van der Waals surface area contributed by atoms with Crippen molar-refractivity contribution in [3.8, 4) is 0 Å². The molecule has 2 N–H and O–H groups in total. The molecule has 1 aromatic rings. The Bertz CT molecular complexity index is 752. The predicted molar refractivity (Wildman–Crippen MR) is 93.1 cm³/mol. The molecular formula is C18H21FN4O4. The average Bonchev–Trinajstić information content (AvgIpc) is 2.97. The molecule has 1 atom stereocenters. The van der Waals surface area contributed by atoms with E-state index in [0.29, 0.717) is 25.2 Å². The molecule has 0 saturated carbocycles.